The second-order valence-electron chi connectivity index (χ2n) is 24.3. The number of ether oxygens (including phenoxy) is 1. The number of benzene rings is 3. The minimum absolute atomic E-state index is 0.0171. The fourth-order valence-electron chi connectivity index (χ4n) is 11.2. The van der Waals surface area contributed by atoms with E-state index in [9.17, 15) is 38.7 Å². The van der Waals surface area contributed by atoms with Crippen LogP contribution in [0.3, 0.4) is 0 Å². The number of likely N-dealkylation sites (N-methyl/N-ethyl adjacent to an activating group) is 4. The van der Waals surface area contributed by atoms with Gasteiger partial charge in [-0.05, 0) is 105 Å². The average Bonchev–Trinajstić information content (AvgIpc) is 4.24. The number of nitrogens with one attached hydrogen (secondary N) is 3. The number of hydrogen-bond donors (Lipinski definition) is 4. The van der Waals surface area contributed by atoms with Crippen molar-refractivity contribution < 1.29 is 53.0 Å². The number of fused-ring (bicyclic) bond motifs is 2. The number of amides is 8. The standard InChI is InChI=1S/C65H89N9O11/c1-15-39(5)53-62(81)70(11)41(7)56(75)67-49(32-38(3)4)60(79)73(14)55(65(9,10)84)64(83)85-54(40(6)16-2)63(82)71(12)42(8)57(76)68-50(34-43-22-18-17-19-23-43)59(78)72(13)52(61(80)74-31-21-26-51(74)58(77)69-53)35-44-24-20-25-46(33-44)47-28-27-45-29-30-66-37-48(45)36-47/h17-20,22-25,27-30,33,36-42,49-55,84H,15-16,21,26,31-32,34-35H2,1-14H3,(H,67,75)(H,68,76)(H,69,77)/t39?,40-,41+,42+,49?,50?,51+,52?,53+,54?,55?/m1/s1. The molecule has 460 valence electrons. The van der Waals surface area contributed by atoms with Gasteiger partial charge in [-0.25, -0.2) is 4.79 Å². The van der Waals surface area contributed by atoms with E-state index in [1.165, 1.54) is 70.6 Å². The monoisotopic (exact) mass is 1170 g/mol. The molecule has 3 aromatic carbocycles. The topological polar surface area (TPSA) is 248 Å². The molecule has 2 saturated heterocycles. The van der Waals surface area contributed by atoms with Crippen LogP contribution in [0.5, 0.6) is 0 Å². The van der Waals surface area contributed by atoms with Crippen LogP contribution < -0.4 is 16.0 Å². The molecule has 0 radical (unpaired) electrons. The van der Waals surface area contributed by atoms with Gasteiger partial charge in [0.25, 0.3) is 5.91 Å². The van der Waals surface area contributed by atoms with Gasteiger partial charge < -0.3 is 50.3 Å². The lowest BCUT2D eigenvalue weighted by molar-refractivity contribution is -0.177. The summed E-state index contributed by atoms with van der Waals surface area (Å²) in [6.07, 6.45) is 3.44. The van der Waals surface area contributed by atoms with E-state index in [1.54, 1.807) is 57.4 Å². The fourth-order valence-corrected chi connectivity index (χ4v) is 11.2. The Bertz CT molecular complexity index is 3060. The molecule has 11 atom stereocenters. The highest BCUT2D eigenvalue weighted by molar-refractivity contribution is 5.99. The number of cyclic esters (lactones) is 1. The molecule has 6 rings (SSSR count). The third-order valence-electron chi connectivity index (χ3n) is 17.2. The molecule has 85 heavy (non-hydrogen) atoms. The molecule has 20 nitrogen and oxygen atoms in total. The summed E-state index contributed by atoms with van der Waals surface area (Å²) >= 11 is 0. The molecule has 2 aliphatic rings. The zero-order valence-corrected chi connectivity index (χ0v) is 52.0. The van der Waals surface area contributed by atoms with Crippen molar-refractivity contribution in [3.05, 3.63) is 102 Å². The van der Waals surface area contributed by atoms with Crippen LogP contribution in [-0.2, 0) is 60.7 Å². The first-order valence-electron chi connectivity index (χ1n) is 29.8. The predicted molar refractivity (Wildman–Crippen MR) is 324 cm³/mol. The van der Waals surface area contributed by atoms with E-state index in [2.05, 4.69) is 20.9 Å². The van der Waals surface area contributed by atoms with Crippen LogP contribution in [0.1, 0.15) is 112 Å². The van der Waals surface area contributed by atoms with Crippen molar-refractivity contribution in [2.24, 2.45) is 17.8 Å². The third-order valence-corrected chi connectivity index (χ3v) is 17.2. The molecule has 2 fully saturated rings. The van der Waals surface area contributed by atoms with Crippen LogP contribution in [-0.4, -0.2) is 183 Å². The van der Waals surface area contributed by atoms with Gasteiger partial charge in [-0.3, -0.25) is 43.3 Å². The largest absolute Gasteiger partial charge is 0.450 e. The molecule has 1 aromatic heterocycles. The van der Waals surface area contributed by atoms with Crippen LogP contribution >= 0.6 is 0 Å². The molecule has 2 aliphatic heterocycles. The van der Waals surface area contributed by atoms with Gasteiger partial charge in [-0.15, -0.1) is 0 Å². The smallest absolute Gasteiger partial charge is 0.332 e. The number of esters is 1. The first-order valence-corrected chi connectivity index (χ1v) is 29.8. The van der Waals surface area contributed by atoms with Crippen LogP contribution in [0.4, 0.5) is 0 Å². The van der Waals surface area contributed by atoms with Crippen molar-refractivity contribution in [1.82, 2.24) is 45.4 Å². The van der Waals surface area contributed by atoms with Crippen molar-refractivity contribution in [3.63, 3.8) is 0 Å². The highest BCUT2D eigenvalue weighted by Gasteiger charge is 2.47. The van der Waals surface area contributed by atoms with E-state index >= 15 is 9.59 Å². The number of rotatable bonds is 12. The molecular formula is C65H89N9O11. The maximum absolute atomic E-state index is 15.6. The summed E-state index contributed by atoms with van der Waals surface area (Å²) < 4.78 is 6.03. The van der Waals surface area contributed by atoms with Gasteiger partial charge in [-0.1, -0.05) is 115 Å². The summed E-state index contributed by atoms with van der Waals surface area (Å²) in [5.41, 5.74) is 1.13. The lowest BCUT2D eigenvalue weighted by Crippen LogP contribution is -2.62. The van der Waals surface area contributed by atoms with Crippen molar-refractivity contribution in [1.29, 1.82) is 0 Å². The summed E-state index contributed by atoms with van der Waals surface area (Å²) in [6.45, 7) is 16.5. The summed E-state index contributed by atoms with van der Waals surface area (Å²) in [6, 6.07) is 14.3. The first-order chi connectivity index (χ1) is 40.1. The van der Waals surface area contributed by atoms with Gasteiger partial charge in [-0.2, -0.15) is 0 Å². The summed E-state index contributed by atoms with van der Waals surface area (Å²) in [5.74, 6) is -7.82. The highest BCUT2D eigenvalue weighted by atomic mass is 16.6. The van der Waals surface area contributed by atoms with E-state index in [-0.39, 0.29) is 38.1 Å². The number of aromatic nitrogens is 1. The van der Waals surface area contributed by atoms with Crippen LogP contribution in [0.15, 0.2) is 91.3 Å². The molecule has 4 N–H and O–H groups in total. The van der Waals surface area contributed by atoms with E-state index < -0.39 is 125 Å². The van der Waals surface area contributed by atoms with E-state index in [4.69, 9.17) is 4.74 Å². The maximum atomic E-state index is 15.6. The van der Waals surface area contributed by atoms with Gasteiger partial charge in [0.1, 0.15) is 42.3 Å². The van der Waals surface area contributed by atoms with Crippen molar-refractivity contribution in [2.45, 2.75) is 174 Å². The summed E-state index contributed by atoms with van der Waals surface area (Å²) in [4.78, 5) is 144. The van der Waals surface area contributed by atoms with Gasteiger partial charge in [0.15, 0.2) is 12.1 Å². The minimum Gasteiger partial charge on any atom is -0.450 e. The van der Waals surface area contributed by atoms with Crippen molar-refractivity contribution in [2.75, 3.05) is 34.7 Å². The predicted octanol–water partition coefficient (Wildman–Crippen LogP) is 5.31. The van der Waals surface area contributed by atoms with Crippen LogP contribution in [0.2, 0.25) is 0 Å². The Labute approximate surface area is 500 Å². The summed E-state index contributed by atoms with van der Waals surface area (Å²) in [7, 11) is 5.57. The number of carbonyl (C=O) groups is 9. The van der Waals surface area contributed by atoms with Crippen molar-refractivity contribution in [3.8, 4) is 11.1 Å². The Kier molecular flexibility index (Phi) is 22.6. The Morgan fingerprint density at radius 2 is 1.22 bits per heavy atom. The van der Waals surface area contributed by atoms with E-state index in [1.807, 2.05) is 75.4 Å². The lowest BCUT2D eigenvalue weighted by atomic mass is 9.94. The number of pyridine rings is 1. The van der Waals surface area contributed by atoms with Crippen molar-refractivity contribution >= 4 is 64.0 Å². The van der Waals surface area contributed by atoms with Crippen LogP contribution in [0, 0.1) is 17.8 Å². The molecule has 0 bridgehead atoms. The van der Waals surface area contributed by atoms with Gasteiger partial charge in [0.2, 0.25) is 41.4 Å². The molecule has 20 heteroatoms. The molecule has 3 heterocycles. The minimum atomic E-state index is -1.97. The molecule has 4 aromatic rings. The average molecular weight is 1170 g/mol. The number of carbonyl (C=O) groups excluding carboxylic acids is 9. The zero-order chi connectivity index (χ0) is 62.8. The Hall–Kier alpha value is -7.74. The van der Waals surface area contributed by atoms with Gasteiger partial charge in [0.05, 0.1) is 5.60 Å². The van der Waals surface area contributed by atoms with E-state index in [0.29, 0.717) is 30.4 Å². The van der Waals surface area contributed by atoms with Crippen LogP contribution in [0.25, 0.3) is 21.9 Å². The number of hydrogen-bond acceptors (Lipinski definition) is 12. The van der Waals surface area contributed by atoms with E-state index in [0.717, 1.165) is 31.7 Å². The third kappa shape index (κ3) is 16.0. The Morgan fingerprint density at radius 3 is 1.85 bits per heavy atom. The molecule has 0 aliphatic carbocycles. The summed E-state index contributed by atoms with van der Waals surface area (Å²) in [5, 5.41) is 22.2. The fraction of sp³-hybridized carbons (Fsp3) is 0.538. The Morgan fingerprint density at radius 1 is 0.624 bits per heavy atom. The second kappa shape index (κ2) is 28.9. The highest BCUT2D eigenvalue weighted by Crippen LogP contribution is 2.29. The molecule has 8 amide bonds. The molecule has 6 unspecified atom stereocenters. The first kappa shape index (κ1) is 66.4. The Balaban J connectivity index is 1.48. The van der Waals surface area contributed by atoms with Gasteiger partial charge >= 0.3 is 5.97 Å². The maximum Gasteiger partial charge on any atom is 0.332 e. The SMILES string of the molecule is CCC(C)[C@@H]1NC(=O)[C@@H]2CCCN2C(=O)C(Cc2cccc(-c3ccc4ccncc4c3)c2)N(C)C(=O)C(Cc2ccccc2)NC(=O)[C@H](C)N(C)C(=O)C([C@H](C)CC)OC(=O)C(C(C)(C)O)N(C)C(=O)C(CC(C)C)NC(=O)[C@H](C)N(C)C1=O. The molecular weight excluding hydrogens is 1080 g/mol. The zero-order valence-electron chi connectivity index (χ0n) is 52.0. The number of aliphatic hydroxyl groups is 1. The molecule has 0 spiro atoms. The second-order valence-corrected chi connectivity index (χ2v) is 24.3. The quantitative estimate of drug-likeness (QED) is 0.132. The lowest BCUT2D eigenvalue weighted by Gasteiger charge is -2.39. The normalized spacial score (nSPS) is 25.3. The molecule has 0 saturated carbocycles. The number of nitrogens with zero attached hydrogens (tertiary/aromatic N) is 6. The van der Waals surface area contributed by atoms with Gasteiger partial charge in [0, 0.05) is 71.3 Å².